The molecular weight excluding hydrogens is 530 g/mol. The van der Waals surface area contributed by atoms with Crippen molar-refractivity contribution in [1.29, 1.82) is 0 Å². The smallest absolute Gasteiger partial charge is 0.250 e. The third-order valence-electron chi connectivity index (χ3n) is 8.25. The Bertz CT molecular complexity index is 1330. The quantitative estimate of drug-likeness (QED) is 0.531. The lowest BCUT2D eigenvalue weighted by molar-refractivity contribution is -0.137. The molecule has 0 unspecified atom stereocenters. The fraction of sp³-hybridized carbons (Fsp3) is 0.483. The number of sulfonamides is 1. The molecule has 2 aromatic rings. The highest BCUT2D eigenvalue weighted by molar-refractivity contribution is 7.89. The van der Waals surface area contributed by atoms with Crippen molar-refractivity contribution in [3.05, 3.63) is 54.6 Å². The molecule has 40 heavy (non-hydrogen) atoms. The zero-order valence-corrected chi connectivity index (χ0v) is 23.7. The van der Waals surface area contributed by atoms with Crippen LogP contribution in [-0.2, 0) is 24.4 Å². The fourth-order valence-electron chi connectivity index (χ4n) is 6.17. The Morgan fingerprint density at radius 2 is 1.60 bits per heavy atom. The Morgan fingerprint density at radius 3 is 2.23 bits per heavy atom. The topological polar surface area (TPSA) is 119 Å². The first-order valence-electron chi connectivity index (χ1n) is 14.0. The van der Waals surface area contributed by atoms with E-state index in [0.29, 0.717) is 18.5 Å². The van der Waals surface area contributed by atoms with Gasteiger partial charge >= 0.3 is 0 Å². The molecule has 214 valence electrons. The molecule has 2 aliphatic heterocycles. The van der Waals surface area contributed by atoms with Gasteiger partial charge in [-0.1, -0.05) is 37.5 Å². The molecule has 1 aliphatic carbocycles. The van der Waals surface area contributed by atoms with E-state index in [0.717, 1.165) is 31.4 Å². The predicted molar refractivity (Wildman–Crippen MR) is 152 cm³/mol. The van der Waals surface area contributed by atoms with Gasteiger partial charge in [-0.2, -0.15) is 4.31 Å². The van der Waals surface area contributed by atoms with Gasteiger partial charge in [0.15, 0.2) is 0 Å². The van der Waals surface area contributed by atoms with Crippen LogP contribution in [0.15, 0.2) is 59.5 Å². The highest BCUT2D eigenvalue weighted by Gasteiger charge is 2.55. The van der Waals surface area contributed by atoms with Gasteiger partial charge in [0.25, 0.3) is 0 Å². The van der Waals surface area contributed by atoms with Crippen LogP contribution < -0.4 is 15.5 Å². The predicted octanol–water partition coefficient (Wildman–Crippen LogP) is 2.92. The number of benzene rings is 2. The number of nitrogens with one attached hydrogen (secondary N) is 2. The Balaban J connectivity index is 1.32. The van der Waals surface area contributed by atoms with Crippen LogP contribution >= 0.6 is 0 Å². The van der Waals surface area contributed by atoms with Crippen LogP contribution in [0, 0.1) is 0 Å². The molecule has 3 aliphatic rings. The van der Waals surface area contributed by atoms with E-state index in [1.165, 1.54) is 29.8 Å². The third-order valence-corrected chi connectivity index (χ3v) is 10.2. The van der Waals surface area contributed by atoms with E-state index in [4.69, 9.17) is 0 Å². The molecule has 2 saturated heterocycles. The molecule has 2 N–H and O–H groups in total. The van der Waals surface area contributed by atoms with Gasteiger partial charge < -0.3 is 20.4 Å². The molecule has 2 heterocycles. The number of hydrogen-bond donors (Lipinski definition) is 2. The fourth-order valence-corrected chi connectivity index (χ4v) is 7.62. The van der Waals surface area contributed by atoms with Crippen molar-refractivity contribution in [3.8, 4) is 0 Å². The SMILES string of the molecule is CC(=O)Nc1ccc(S(=O)(=O)N2CCC3(CC2)C(=O)N(CC(=O)NC2CCCCC2)CN3c2ccccc2)cc1. The molecule has 1 spiro atoms. The number of amides is 3. The van der Waals surface area contributed by atoms with E-state index in [2.05, 4.69) is 10.6 Å². The number of carbonyl (C=O) groups is 3. The van der Waals surface area contributed by atoms with Crippen LogP contribution in [0.1, 0.15) is 51.9 Å². The molecule has 3 amide bonds. The molecule has 1 saturated carbocycles. The Hall–Kier alpha value is -3.44. The Morgan fingerprint density at radius 1 is 0.950 bits per heavy atom. The maximum Gasteiger partial charge on any atom is 0.250 e. The lowest BCUT2D eigenvalue weighted by atomic mass is 9.86. The highest BCUT2D eigenvalue weighted by atomic mass is 32.2. The minimum absolute atomic E-state index is 0.0108. The summed E-state index contributed by atoms with van der Waals surface area (Å²) in [7, 11) is -3.79. The lowest BCUT2D eigenvalue weighted by Crippen LogP contribution is -2.57. The van der Waals surface area contributed by atoms with Gasteiger partial charge in [-0.3, -0.25) is 14.4 Å². The van der Waals surface area contributed by atoms with E-state index >= 15 is 0 Å². The van der Waals surface area contributed by atoms with Gasteiger partial charge in [0.2, 0.25) is 27.7 Å². The molecule has 0 aromatic heterocycles. The first-order valence-corrected chi connectivity index (χ1v) is 15.4. The first-order chi connectivity index (χ1) is 19.2. The summed E-state index contributed by atoms with van der Waals surface area (Å²) >= 11 is 0. The minimum atomic E-state index is -3.79. The van der Waals surface area contributed by atoms with Gasteiger partial charge in [-0.25, -0.2) is 8.42 Å². The largest absolute Gasteiger partial charge is 0.352 e. The second-order valence-electron chi connectivity index (χ2n) is 11.0. The van der Waals surface area contributed by atoms with E-state index in [1.807, 2.05) is 35.2 Å². The summed E-state index contributed by atoms with van der Waals surface area (Å²) in [6, 6.07) is 15.9. The molecule has 0 radical (unpaired) electrons. The van der Waals surface area contributed by atoms with Crippen LogP contribution in [0.4, 0.5) is 11.4 Å². The normalized spacial score (nSPS) is 20.1. The summed E-state index contributed by atoms with van der Waals surface area (Å²) in [6.07, 6.45) is 5.98. The number of anilines is 2. The zero-order chi connectivity index (χ0) is 28.3. The van der Waals surface area contributed by atoms with Crippen LogP contribution in [-0.4, -0.2) is 73.2 Å². The Kier molecular flexibility index (Phi) is 8.14. The first kappa shape index (κ1) is 28.1. The van der Waals surface area contributed by atoms with Gasteiger partial charge in [0.05, 0.1) is 11.6 Å². The molecule has 0 atom stereocenters. The third kappa shape index (κ3) is 5.71. The average Bonchev–Trinajstić information content (AvgIpc) is 3.20. The van der Waals surface area contributed by atoms with Crippen molar-refractivity contribution in [1.82, 2.24) is 14.5 Å². The van der Waals surface area contributed by atoms with Crippen molar-refractivity contribution in [3.63, 3.8) is 0 Å². The standard InChI is InChI=1S/C29H37N5O5S/c1-22(35)30-24-12-14-26(15-13-24)40(38,39)33-18-16-29(17-19-33)28(37)32(21-34(29)25-10-6-3-7-11-25)20-27(36)31-23-8-4-2-5-9-23/h3,6-7,10-15,23H,2,4-5,8-9,16-21H2,1H3,(H,30,35)(H,31,36). The molecule has 2 aromatic carbocycles. The number of nitrogens with zero attached hydrogens (tertiary/aromatic N) is 3. The summed E-state index contributed by atoms with van der Waals surface area (Å²) in [5, 5.41) is 5.75. The molecular formula is C29H37N5O5S. The van der Waals surface area contributed by atoms with E-state index in [9.17, 15) is 22.8 Å². The van der Waals surface area contributed by atoms with E-state index in [1.54, 1.807) is 17.0 Å². The number of para-hydroxylation sites is 1. The van der Waals surface area contributed by atoms with Crippen molar-refractivity contribution in [2.45, 2.75) is 68.3 Å². The Labute approximate surface area is 235 Å². The number of piperidine rings is 1. The van der Waals surface area contributed by atoms with Crippen molar-refractivity contribution in [2.75, 3.05) is 36.5 Å². The maximum absolute atomic E-state index is 13.9. The van der Waals surface area contributed by atoms with E-state index in [-0.39, 0.29) is 55.0 Å². The van der Waals surface area contributed by atoms with Crippen LogP contribution in [0.2, 0.25) is 0 Å². The summed E-state index contributed by atoms with van der Waals surface area (Å²) in [6.45, 7) is 2.00. The second-order valence-corrected chi connectivity index (χ2v) is 12.9. The molecule has 0 bridgehead atoms. The maximum atomic E-state index is 13.9. The van der Waals surface area contributed by atoms with Gasteiger partial charge in [-0.15, -0.1) is 0 Å². The van der Waals surface area contributed by atoms with E-state index < -0.39 is 15.6 Å². The zero-order valence-electron chi connectivity index (χ0n) is 22.8. The van der Waals surface area contributed by atoms with Crippen molar-refractivity contribution < 1.29 is 22.8 Å². The lowest BCUT2D eigenvalue weighted by Gasteiger charge is -2.42. The summed E-state index contributed by atoms with van der Waals surface area (Å²) in [5.41, 5.74) is 0.468. The molecule has 3 fully saturated rings. The molecule has 11 heteroatoms. The summed E-state index contributed by atoms with van der Waals surface area (Å²) in [5.74, 6) is -0.512. The molecule has 5 rings (SSSR count). The van der Waals surface area contributed by atoms with Gasteiger partial charge in [-0.05, 0) is 62.1 Å². The second kappa shape index (κ2) is 11.6. The number of carbonyl (C=O) groups excluding carboxylic acids is 3. The van der Waals surface area contributed by atoms with Crippen molar-refractivity contribution >= 4 is 39.1 Å². The summed E-state index contributed by atoms with van der Waals surface area (Å²) in [4.78, 5) is 41.9. The number of rotatable bonds is 7. The number of hydrogen-bond acceptors (Lipinski definition) is 6. The summed E-state index contributed by atoms with van der Waals surface area (Å²) < 4.78 is 28.3. The highest BCUT2D eigenvalue weighted by Crippen LogP contribution is 2.40. The molecule has 10 nitrogen and oxygen atoms in total. The average molecular weight is 568 g/mol. The monoisotopic (exact) mass is 567 g/mol. The van der Waals surface area contributed by atoms with Gasteiger partial charge in [0.1, 0.15) is 12.1 Å². The van der Waals surface area contributed by atoms with Gasteiger partial charge in [0, 0.05) is 37.4 Å². The van der Waals surface area contributed by atoms with Crippen molar-refractivity contribution in [2.24, 2.45) is 0 Å². The van der Waals surface area contributed by atoms with Crippen LogP contribution in [0.25, 0.3) is 0 Å². The van der Waals surface area contributed by atoms with Crippen LogP contribution in [0.3, 0.4) is 0 Å². The minimum Gasteiger partial charge on any atom is -0.352 e. The van der Waals surface area contributed by atoms with Crippen LogP contribution in [0.5, 0.6) is 0 Å².